The van der Waals surface area contributed by atoms with Crippen molar-refractivity contribution in [2.45, 2.75) is 6.92 Å². The summed E-state index contributed by atoms with van der Waals surface area (Å²) >= 11 is 0. The molecule has 0 bridgehead atoms. The monoisotopic (exact) mass is 226 g/mol. The van der Waals surface area contributed by atoms with Gasteiger partial charge in [0.1, 0.15) is 0 Å². The molecule has 2 aromatic carbocycles. The van der Waals surface area contributed by atoms with E-state index in [0.29, 0.717) is 5.56 Å². The van der Waals surface area contributed by atoms with E-state index in [1.165, 1.54) is 0 Å². The number of carbonyl (C=O) groups excluding carboxylic acids is 1. The number of hydrogen-bond acceptors (Lipinski definition) is 2. The van der Waals surface area contributed by atoms with E-state index in [0.717, 1.165) is 16.9 Å². The van der Waals surface area contributed by atoms with Crippen molar-refractivity contribution in [3.05, 3.63) is 59.7 Å². The van der Waals surface area contributed by atoms with Crippen LogP contribution in [0.1, 0.15) is 15.9 Å². The molecule has 0 aliphatic rings. The van der Waals surface area contributed by atoms with E-state index < -0.39 is 5.91 Å². The maximum absolute atomic E-state index is 11.3. The maximum atomic E-state index is 11.3. The fourth-order valence-corrected chi connectivity index (χ4v) is 1.65. The van der Waals surface area contributed by atoms with Crippen LogP contribution in [0.15, 0.2) is 48.5 Å². The molecule has 0 unspecified atom stereocenters. The third kappa shape index (κ3) is 2.64. The number of benzene rings is 2. The van der Waals surface area contributed by atoms with Gasteiger partial charge >= 0.3 is 0 Å². The highest BCUT2D eigenvalue weighted by Crippen LogP contribution is 2.21. The molecule has 0 radical (unpaired) electrons. The molecule has 0 aliphatic heterocycles. The van der Waals surface area contributed by atoms with Crippen molar-refractivity contribution in [1.82, 2.24) is 0 Å². The number of para-hydroxylation sites is 1. The molecule has 3 heteroatoms. The van der Waals surface area contributed by atoms with E-state index in [2.05, 4.69) is 5.32 Å². The van der Waals surface area contributed by atoms with Crippen LogP contribution in [0.5, 0.6) is 0 Å². The van der Waals surface area contributed by atoms with Gasteiger partial charge in [-0.1, -0.05) is 24.3 Å². The Balaban J connectivity index is 2.37. The number of hydrogen-bond donors (Lipinski definition) is 2. The summed E-state index contributed by atoms with van der Waals surface area (Å²) in [5.74, 6) is -0.427. The molecule has 0 fully saturated rings. The molecule has 17 heavy (non-hydrogen) atoms. The number of amides is 1. The minimum Gasteiger partial charge on any atom is -0.366 e. The number of nitrogens with one attached hydrogen (secondary N) is 1. The minimum absolute atomic E-state index is 0.427. The summed E-state index contributed by atoms with van der Waals surface area (Å²) in [6.07, 6.45) is 0. The first-order valence-corrected chi connectivity index (χ1v) is 5.39. The summed E-state index contributed by atoms with van der Waals surface area (Å²) in [6.45, 7) is 1.97. The number of aryl methyl sites for hydroxylation is 1. The van der Waals surface area contributed by atoms with Gasteiger partial charge in [0.05, 0.1) is 11.3 Å². The first-order chi connectivity index (χ1) is 8.16. The van der Waals surface area contributed by atoms with E-state index in [4.69, 9.17) is 5.73 Å². The molecule has 0 aliphatic carbocycles. The van der Waals surface area contributed by atoms with Crippen LogP contribution >= 0.6 is 0 Å². The molecule has 0 heterocycles. The van der Waals surface area contributed by atoms with Gasteiger partial charge in [0.2, 0.25) is 0 Å². The van der Waals surface area contributed by atoms with Crippen molar-refractivity contribution < 1.29 is 4.79 Å². The van der Waals surface area contributed by atoms with Gasteiger partial charge in [-0.3, -0.25) is 4.79 Å². The van der Waals surface area contributed by atoms with Crippen molar-refractivity contribution in [2.24, 2.45) is 5.73 Å². The zero-order valence-corrected chi connectivity index (χ0v) is 9.60. The molecule has 0 saturated heterocycles. The van der Waals surface area contributed by atoms with Gasteiger partial charge in [-0.25, -0.2) is 0 Å². The average molecular weight is 226 g/mol. The number of anilines is 2. The van der Waals surface area contributed by atoms with Gasteiger partial charge in [0.25, 0.3) is 5.91 Å². The van der Waals surface area contributed by atoms with E-state index in [9.17, 15) is 4.79 Å². The SMILES string of the molecule is Cc1ccc(C(N)=O)c(Nc2ccccc2)c1. The highest BCUT2D eigenvalue weighted by Gasteiger charge is 2.07. The fourth-order valence-electron chi connectivity index (χ4n) is 1.65. The summed E-state index contributed by atoms with van der Waals surface area (Å²) in [5.41, 5.74) is 8.59. The van der Waals surface area contributed by atoms with Crippen LogP contribution in [0.4, 0.5) is 11.4 Å². The molecular formula is C14H14N2O. The number of primary amides is 1. The molecule has 2 aromatic rings. The molecule has 2 rings (SSSR count). The van der Waals surface area contributed by atoms with Crippen molar-refractivity contribution in [2.75, 3.05) is 5.32 Å². The van der Waals surface area contributed by atoms with Crippen molar-refractivity contribution in [1.29, 1.82) is 0 Å². The number of carbonyl (C=O) groups is 1. The highest BCUT2D eigenvalue weighted by atomic mass is 16.1. The Morgan fingerprint density at radius 2 is 1.82 bits per heavy atom. The summed E-state index contributed by atoms with van der Waals surface area (Å²) < 4.78 is 0. The first-order valence-electron chi connectivity index (χ1n) is 5.39. The van der Waals surface area contributed by atoms with E-state index >= 15 is 0 Å². The average Bonchev–Trinajstić information content (AvgIpc) is 2.30. The predicted octanol–water partition coefficient (Wildman–Crippen LogP) is 2.84. The van der Waals surface area contributed by atoms with Gasteiger partial charge in [-0.05, 0) is 36.8 Å². The van der Waals surface area contributed by atoms with E-state index in [1.54, 1.807) is 6.07 Å². The molecule has 1 amide bonds. The second kappa shape index (κ2) is 4.70. The van der Waals surface area contributed by atoms with E-state index in [1.807, 2.05) is 49.4 Å². The molecular weight excluding hydrogens is 212 g/mol. The largest absolute Gasteiger partial charge is 0.366 e. The Labute approximate surface area is 100 Å². The quantitative estimate of drug-likeness (QED) is 0.845. The third-order valence-corrected chi connectivity index (χ3v) is 2.49. The van der Waals surface area contributed by atoms with Crippen LogP contribution in [0.3, 0.4) is 0 Å². The zero-order chi connectivity index (χ0) is 12.3. The lowest BCUT2D eigenvalue weighted by Crippen LogP contribution is -2.13. The summed E-state index contributed by atoms with van der Waals surface area (Å²) in [4.78, 5) is 11.3. The summed E-state index contributed by atoms with van der Waals surface area (Å²) in [6, 6.07) is 15.2. The van der Waals surface area contributed by atoms with Gasteiger partial charge in [-0.15, -0.1) is 0 Å². The fraction of sp³-hybridized carbons (Fsp3) is 0.0714. The standard InChI is InChI=1S/C14H14N2O/c1-10-7-8-12(14(15)17)13(9-10)16-11-5-3-2-4-6-11/h2-9,16H,1H3,(H2,15,17). The van der Waals surface area contributed by atoms with Crippen LogP contribution in [-0.2, 0) is 0 Å². The third-order valence-electron chi connectivity index (χ3n) is 2.49. The van der Waals surface area contributed by atoms with Gasteiger partial charge < -0.3 is 11.1 Å². The summed E-state index contributed by atoms with van der Waals surface area (Å²) in [7, 11) is 0. The van der Waals surface area contributed by atoms with Gasteiger partial charge in [-0.2, -0.15) is 0 Å². The Bertz CT molecular complexity index is 535. The number of rotatable bonds is 3. The van der Waals surface area contributed by atoms with Gasteiger partial charge in [0.15, 0.2) is 0 Å². The second-order valence-corrected chi connectivity index (χ2v) is 3.90. The van der Waals surface area contributed by atoms with Crippen LogP contribution < -0.4 is 11.1 Å². The normalized spacial score (nSPS) is 9.94. The van der Waals surface area contributed by atoms with Crippen LogP contribution in [0, 0.1) is 6.92 Å². The molecule has 3 nitrogen and oxygen atoms in total. The number of nitrogens with two attached hydrogens (primary N) is 1. The lowest BCUT2D eigenvalue weighted by Gasteiger charge is -2.10. The Kier molecular flexibility index (Phi) is 3.10. The molecule has 0 spiro atoms. The second-order valence-electron chi connectivity index (χ2n) is 3.90. The molecule has 3 N–H and O–H groups in total. The van der Waals surface area contributed by atoms with E-state index in [-0.39, 0.29) is 0 Å². The topological polar surface area (TPSA) is 55.1 Å². The molecule has 86 valence electrons. The lowest BCUT2D eigenvalue weighted by atomic mass is 10.1. The van der Waals surface area contributed by atoms with Crippen molar-refractivity contribution in [3.63, 3.8) is 0 Å². The van der Waals surface area contributed by atoms with Crippen molar-refractivity contribution >= 4 is 17.3 Å². The Hall–Kier alpha value is -2.29. The van der Waals surface area contributed by atoms with Crippen LogP contribution in [0.2, 0.25) is 0 Å². The molecule has 0 atom stereocenters. The zero-order valence-electron chi connectivity index (χ0n) is 9.60. The minimum atomic E-state index is -0.427. The smallest absolute Gasteiger partial charge is 0.250 e. The first kappa shape index (κ1) is 11.2. The van der Waals surface area contributed by atoms with Gasteiger partial charge in [0, 0.05) is 5.69 Å². The molecule has 0 aromatic heterocycles. The lowest BCUT2D eigenvalue weighted by molar-refractivity contribution is 0.100. The predicted molar refractivity (Wildman–Crippen MR) is 69.4 cm³/mol. The highest BCUT2D eigenvalue weighted by molar-refractivity contribution is 5.99. The Morgan fingerprint density at radius 1 is 1.12 bits per heavy atom. The summed E-state index contributed by atoms with van der Waals surface area (Å²) in [5, 5.41) is 3.19. The van der Waals surface area contributed by atoms with Crippen LogP contribution in [0.25, 0.3) is 0 Å². The molecule has 0 saturated carbocycles. The van der Waals surface area contributed by atoms with Crippen LogP contribution in [-0.4, -0.2) is 5.91 Å². The van der Waals surface area contributed by atoms with Crippen molar-refractivity contribution in [3.8, 4) is 0 Å². The maximum Gasteiger partial charge on any atom is 0.250 e. The Morgan fingerprint density at radius 3 is 2.47 bits per heavy atom.